The molecule has 268 valence electrons. The average molecular weight is 811 g/mol. The van der Waals surface area contributed by atoms with Crippen molar-refractivity contribution in [1.82, 2.24) is 8.61 Å². The molecular formula is C37H33Cl4FN2O5S2. The average Bonchev–Trinajstić information content (AvgIpc) is 3.06. The van der Waals surface area contributed by atoms with Crippen LogP contribution in [0.1, 0.15) is 30.5 Å². The van der Waals surface area contributed by atoms with E-state index in [4.69, 9.17) is 46.4 Å². The highest BCUT2D eigenvalue weighted by atomic mass is 35.5. The Bertz CT molecular complexity index is 2230. The predicted octanol–water partition coefficient (Wildman–Crippen LogP) is 10.0. The summed E-state index contributed by atoms with van der Waals surface area (Å²) in [7, 11) is -8.45. The molecule has 0 saturated heterocycles. The van der Waals surface area contributed by atoms with Gasteiger partial charge in [0.25, 0.3) is 0 Å². The summed E-state index contributed by atoms with van der Waals surface area (Å²) in [6.45, 7) is 3.72. The zero-order valence-electron chi connectivity index (χ0n) is 27.4. The Morgan fingerprint density at radius 2 is 1.14 bits per heavy atom. The fourth-order valence-electron chi connectivity index (χ4n) is 5.47. The van der Waals surface area contributed by atoms with E-state index in [1.54, 1.807) is 60.7 Å². The molecule has 5 aromatic rings. The SMILES string of the molecule is CC(C)CN(Cc1cccc(CN(Cc2ccc(-c3ccc(F)cc3)cc2)S(=O)(=O)c2cc(Cl)cc(Cl)c2O)c1)S(=O)(=O)c1cc(Cl)cc(Cl)c1. The van der Waals surface area contributed by atoms with Gasteiger partial charge >= 0.3 is 0 Å². The summed E-state index contributed by atoms with van der Waals surface area (Å²) in [5.41, 5.74) is 3.39. The number of sulfonamides is 2. The summed E-state index contributed by atoms with van der Waals surface area (Å²) in [5, 5.41) is 10.9. The second-order valence-electron chi connectivity index (χ2n) is 12.3. The van der Waals surface area contributed by atoms with Gasteiger partial charge in [0, 0.05) is 41.2 Å². The maximum absolute atomic E-state index is 14.2. The molecule has 51 heavy (non-hydrogen) atoms. The Kier molecular flexibility index (Phi) is 12.4. The Morgan fingerprint density at radius 1 is 0.627 bits per heavy atom. The molecular weight excluding hydrogens is 777 g/mol. The van der Waals surface area contributed by atoms with Crippen molar-refractivity contribution in [3.05, 3.63) is 146 Å². The van der Waals surface area contributed by atoms with Gasteiger partial charge in [0.15, 0.2) is 5.75 Å². The third-order valence-electron chi connectivity index (χ3n) is 7.85. The first-order chi connectivity index (χ1) is 24.0. The zero-order chi connectivity index (χ0) is 37.1. The van der Waals surface area contributed by atoms with Crippen LogP contribution in [0.2, 0.25) is 20.1 Å². The first-order valence-electron chi connectivity index (χ1n) is 15.6. The summed E-state index contributed by atoms with van der Waals surface area (Å²) in [4.78, 5) is -0.506. The number of hydrogen-bond acceptors (Lipinski definition) is 5. The van der Waals surface area contributed by atoms with Crippen LogP contribution in [0.3, 0.4) is 0 Å². The van der Waals surface area contributed by atoms with E-state index in [0.29, 0.717) is 16.7 Å². The van der Waals surface area contributed by atoms with Gasteiger partial charge in [-0.05, 0) is 76.2 Å². The topological polar surface area (TPSA) is 95.0 Å². The van der Waals surface area contributed by atoms with E-state index < -0.39 is 30.7 Å². The largest absolute Gasteiger partial charge is 0.505 e. The van der Waals surface area contributed by atoms with Gasteiger partial charge in [0.1, 0.15) is 10.7 Å². The highest BCUT2D eigenvalue weighted by Crippen LogP contribution is 2.37. The molecule has 0 radical (unpaired) electrons. The molecule has 5 aromatic carbocycles. The summed E-state index contributed by atoms with van der Waals surface area (Å²) < 4.78 is 72.0. The molecule has 0 aliphatic rings. The van der Waals surface area contributed by atoms with E-state index in [2.05, 4.69) is 0 Å². The third-order valence-corrected chi connectivity index (χ3v) is 12.4. The number of rotatable bonds is 13. The van der Waals surface area contributed by atoms with Gasteiger partial charge in [-0.1, -0.05) is 121 Å². The molecule has 0 unspecified atom stereocenters. The molecule has 0 fully saturated rings. The van der Waals surface area contributed by atoms with Gasteiger partial charge in [0.05, 0.1) is 9.92 Å². The first-order valence-corrected chi connectivity index (χ1v) is 20.0. The third kappa shape index (κ3) is 9.63. The lowest BCUT2D eigenvalue weighted by Crippen LogP contribution is -2.34. The van der Waals surface area contributed by atoms with Crippen molar-refractivity contribution in [1.29, 1.82) is 0 Å². The van der Waals surface area contributed by atoms with Gasteiger partial charge in [-0.15, -0.1) is 0 Å². The van der Waals surface area contributed by atoms with Crippen molar-refractivity contribution >= 4 is 66.5 Å². The smallest absolute Gasteiger partial charge is 0.247 e. The van der Waals surface area contributed by atoms with Gasteiger partial charge in [-0.2, -0.15) is 8.61 Å². The molecule has 14 heteroatoms. The molecule has 0 atom stereocenters. The molecule has 0 bridgehead atoms. The first kappa shape index (κ1) is 39.0. The molecule has 0 amide bonds. The molecule has 0 heterocycles. The quantitative estimate of drug-likeness (QED) is 0.128. The molecule has 7 nitrogen and oxygen atoms in total. The molecule has 0 aromatic heterocycles. The van der Waals surface area contributed by atoms with Crippen LogP contribution in [0.25, 0.3) is 11.1 Å². The number of phenolic OH excluding ortho intramolecular Hbond substituents is 1. The Morgan fingerprint density at radius 3 is 1.71 bits per heavy atom. The van der Waals surface area contributed by atoms with E-state index in [1.165, 1.54) is 45.0 Å². The van der Waals surface area contributed by atoms with Crippen molar-refractivity contribution in [3.8, 4) is 16.9 Å². The van der Waals surface area contributed by atoms with Crippen molar-refractivity contribution < 1.29 is 26.3 Å². The Labute approximate surface area is 317 Å². The lowest BCUT2D eigenvalue weighted by Gasteiger charge is -2.26. The maximum atomic E-state index is 14.2. The minimum Gasteiger partial charge on any atom is -0.505 e. The molecule has 1 N–H and O–H groups in total. The number of phenols is 1. The van der Waals surface area contributed by atoms with Gasteiger partial charge in [0.2, 0.25) is 20.0 Å². The Balaban J connectivity index is 1.49. The highest BCUT2D eigenvalue weighted by molar-refractivity contribution is 7.89. The lowest BCUT2D eigenvalue weighted by atomic mass is 10.0. The van der Waals surface area contributed by atoms with E-state index >= 15 is 0 Å². The van der Waals surface area contributed by atoms with Crippen molar-refractivity contribution in [2.75, 3.05) is 6.54 Å². The number of nitrogens with zero attached hydrogens (tertiary/aromatic N) is 2. The van der Waals surface area contributed by atoms with Crippen LogP contribution in [-0.4, -0.2) is 37.1 Å². The summed E-state index contributed by atoms with van der Waals surface area (Å²) in [6.07, 6.45) is 0. The standard InChI is InChI=1S/C37H33Cl4FN2O5S2/c1-24(2)20-43(50(46,47)34-16-30(38)15-31(39)17-34)22-26-4-3-5-27(14-26)23-44(51(48,49)36-19-32(40)18-35(41)37(36)45)21-25-6-8-28(9-7-25)29-10-12-33(42)13-11-29/h3-19,24,45H,20-23H2,1-2H3. The Hall–Kier alpha value is -3.19. The minimum absolute atomic E-state index is 0.0131. The fourth-order valence-corrected chi connectivity index (χ4v) is 9.95. The minimum atomic E-state index is -4.42. The maximum Gasteiger partial charge on any atom is 0.247 e. The van der Waals surface area contributed by atoms with E-state index in [9.17, 15) is 26.3 Å². The van der Waals surface area contributed by atoms with Crippen LogP contribution in [0.5, 0.6) is 5.75 Å². The molecule has 5 rings (SSSR count). The number of benzene rings is 5. The number of hydrogen-bond donors (Lipinski definition) is 1. The number of aromatic hydroxyl groups is 1. The van der Waals surface area contributed by atoms with Crippen LogP contribution in [0, 0.1) is 11.7 Å². The molecule has 0 saturated carbocycles. The van der Waals surface area contributed by atoms with Crippen molar-refractivity contribution in [2.24, 2.45) is 5.92 Å². The van der Waals surface area contributed by atoms with Crippen LogP contribution in [-0.2, 0) is 39.7 Å². The van der Waals surface area contributed by atoms with Crippen molar-refractivity contribution in [2.45, 2.75) is 43.3 Å². The summed E-state index contributed by atoms with van der Waals surface area (Å²) in [5.74, 6) is -1.02. The fraction of sp³-hybridized carbons (Fsp3) is 0.189. The van der Waals surface area contributed by atoms with Crippen LogP contribution >= 0.6 is 46.4 Å². The molecule has 0 aliphatic carbocycles. The van der Waals surface area contributed by atoms with Gasteiger partial charge < -0.3 is 5.11 Å². The second-order valence-corrected chi connectivity index (χ2v) is 17.9. The predicted molar refractivity (Wildman–Crippen MR) is 202 cm³/mol. The van der Waals surface area contributed by atoms with E-state index in [-0.39, 0.29) is 62.9 Å². The second kappa shape index (κ2) is 16.2. The molecule has 0 aliphatic heterocycles. The van der Waals surface area contributed by atoms with Crippen LogP contribution in [0.4, 0.5) is 4.39 Å². The van der Waals surface area contributed by atoms with Gasteiger partial charge in [-0.25, -0.2) is 21.2 Å². The zero-order valence-corrected chi connectivity index (χ0v) is 32.1. The highest BCUT2D eigenvalue weighted by Gasteiger charge is 2.30. The molecule has 0 spiro atoms. The van der Waals surface area contributed by atoms with Gasteiger partial charge in [-0.3, -0.25) is 0 Å². The monoisotopic (exact) mass is 808 g/mol. The number of halogens is 5. The normalized spacial score (nSPS) is 12.3. The van der Waals surface area contributed by atoms with Crippen LogP contribution in [0.15, 0.2) is 113 Å². The summed E-state index contributed by atoms with van der Waals surface area (Å²) in [6, 6.07) is 26.6. The lowest BCUT2D eigenvalue weighted by molar-refractivity contribution is 0.361. The van der Waals surface area contributed by atoms with Crippen molar-refractivity contribution in [3.63, 3.8) is 0 Å². The van der Waals surface area contributed by atoms with E-state index in [0.717, 1.165) is 17.2 Å². The van der Waals surface area contributed by atoms with Crippen LogP contribution < -0.4 is 0 Å². The summed E-state index contributed by atoms with van der Waals surface area (Å²) >= 11 is 24.6. The van der Waals surface area contributed by atoms with E-state index in [1.807, 2.05) is 13.8 Å².